The van der Waals surface area contributed by atoms with Gasteiger partial charge >= 0.3 is 0 Å². The van der Waals surface area contributed by atoms with Gasteiger partial charge in [0.1, 0.15) is 0 Å². The Labute approximate surface area is 173 Å². The van der Waals surface area contributed by atoms with Gasteiger partial charge in [0, 0.05) is 24.0 Å². The number of fused-ring (bicyclic) bond motifs is 1. The van der Waals surface area contributed by atoms with Crippen LogP contribution in [0.2, 0.25) is 0 Å². The molecular formula is C22H24BrN3O2. The highest BCUT2D eigenvalue weighted by Gasteiger charge is 2.22. The number of hydrogen-bond donors (Lipinski definition) is 0. The van der Waals surface area contributed by atoms with E-state index in [-0.39, 0.29) is 23.9 Å². The standard InChI is InChI=1S/C22H24BrN3O2/c1-3-13-26(16(2)17-8-4-6-10-19(17)23)21(27)12-14-25-15-24-20-11-7-5-9-18(20)22(25)28/h4-11,15-16H,3,12-14H2,1-2H3/t16-/m0/s1. The Bertz CT molecular complexity index is 1030. The lowest BCUT2D eigenvalue weighted by Gasteiger charge is -2.30. The second kappa shape index (κ2) is 9.15. The van der Waals surface area contributed by atoms with Crippen molar-refractivity contribution in [1.82, 2.24) is 14.5 Å². The number of halogens is 1. The Hall–Kier alpha value is -2.47. The van der Waals surface area contributed by atoms with Gasteiger partial charge in [-0.05, 0) is 37.1 Å². The Kier molecular flexibility index (Phi) is 6.62. The number of hydrogen-bond acceptors (Lipinski definition) is 3. The summed E-state index contributed by atoms with van der Waals surface area (Å²) in [6, 6.07) is 15.2. The van der Waals surface area contributed by atoms with Crippen LogP contribution in [0.4, 0.5) is 0 Å². The van der Waals surface area contributed by atoms with Crippen molar-refractivity contribution in [2.75, 3.05) is 6.54 Å². The molecule has 1 aromatic heterocycles. The fourth-order valence-electron chi connectivity index (χ4n) is 3.38. The molecule has 0 aliphatic rings. The van der Waals surface area contributed by atoms with Crippen LogP contribution in [0.25, 0.3) is 10.9 Å². The van der Waals surface area contributed by atoms with Gasteiger partial charge < -0.3 is 4.90 Å². The van der Waals surface area contributed by atoms with E-state index in [1.165, 1.54) is 10.9 Å². The molecule has 2 aromatic carbocycles. The first kappa shape index (κ1) is 20.3. The molecule has 1 heterocycles. The minimum Gasteiger partial charge on any atom is -0.336 e. The summed E-state index contributed by atoms with van der Waals surface area (Å²) in [4.78, 5) is 31.8. The van der Waals surface area contributed by atoms with Gasteiger partial charge in [0.05, 0.1) is 23.3 Å². The predicted octanol–water partition coefficient (Wildman–Crippen LogP) is 4.55. The molecule has 0 fully saturated rings. The van der Waals surface area contributed by atoms with Crippen LogP contribution in [0, 0.1) is 0 Å². The Balaban J connectivity index is 1.77. The molecule has 0 saturated carbocycles. The van der Waals surface area contributed by atoms with Crippen molar-refractivity contribution < 1.29 is 4.79 Å². The highest BCUT2D eigenvalue weighted by molar-refractivity contribution is 9.10. The van der Waals surface area contributed by atoms with Crippen LogP contribution in [0.5, 0.6) is 0 Å². The largest absolute Gasteiger partial charge is 0.336 e. The van der Waals surface area contributed by atoms with Gasteiger partial charge in [0.15, 0.2) is 0 Å². The summed E-state index contributed by atoms with van der Waals surface area (Å²) in [5.41, 5.74) is 1.64. The lowest BCUT2D eigenvalue weighted by Crippen LogP contribution is -2.35. The third kappa shape index (κ3) is 4.33. The minimum absolute atomic E-state index is 0.0326. The van der Waals surface area contributed by atoms with Crippen LogP contribution in [0.15, 0.2) is 64.1 Å². The van der Waals surface area contributed by atoms with Gasteiger partial charge in [-0.3, -0.25) is 14.2 Å². The molecule has 0 aliphatic heterocycles. The van der Waals surface area contributed by atoms with E-state index < -0.39 is 0 Å². The van der Waals surface area contributed by atoms with Crippen molar-refractivity contribution >= 4 is 32.7 Å². The fourth-order valence-corrected chi connectivity index (χ4v) is 4.00. The van der Waals surface area contributed by atoms with Gasteiger partial charge in [0.25, 0.3) is 5.56 Å². The first-order valence-electron chi connectivity index (χ1n) is 9.51. The minimum atomic E-state index is -0.112. The molecule has 0 saturated heterocycles. The number of nitrogens with zero attached hydrogens (tertiary/aromatic N) is 3. The molecule has 6 heteroatoms. The van der Waals surface area contributed by atoms with Crippen LogP contribution in [-0.4, -0.2) is 26.9 Å². The SMILES string of the molecule is CCCN(C(=O)CCn1cnc2ccccc2c1=O)[C@@H](C)c1ccccc1Br. The fraction of sp³-hybridized carbons (Fsp3) is 0.318. The van der Waals surface area contributed by atoms with Gasteiger partial charge in [-0.1, -0.05) is 53.2 Å². The molecule has 28 heavy (non-hydrogen) atoms. The van der Waals surface area contributed by atoms with E-state index in [1.54, 1.807) is 6.07 Å². The quantitative estimate of drug-likeness (QED) is 0.540. The average Bonchev–Trinajstić information content (AvgIpc) is 2.71. The molecule has 3 rings (SSSR count). The van der Waals surface area contributed by atoms with E-state index in [2.05, 4.69) is 27.8 Å². The van der Waals surface area contributed by atoms with E-state index in [1.807, 2.05) is 54.3 Å². The number of aromatic nitrogens is 2. The lowest BCUT2D eigenvalue weighted by atomic mass is 10.1. The summed E-state index contributed by atoms with van der Waals surface area (Å²) in [5.74, 6) is 0.0326. The third-order valence-corrected chi connectivity index (χ3v) is 5.63. The maximum Gasteiger partial charge on any atom is 0.261 e. The number of carbonyl (C=O) groups excluding carboxylic acids is 1. The lowest BCUT2D eigenvalue weighted by molar-refractivity contribution is -0.133. The number of amides is 1. The monoisotopic (exact) mass is 441 g/mol. The van der Waals surface area contributed by atoms with Crippen molar-refractivity contribution in [3.05, 3.63) is 75.2 Å². The van der Waals surface area contributed by atoms with E-state index in [4.69, 9.17) is 0 Å². The number of rotatable bonds is 7. The molecule has 0 bridgehead atoms. The van der Waals surface area contributed by atoms with Crippen LogP contribution in [0.1, 0.15) is 38.3 Å². The maximum absolute atomic E-state index is 13.0. The molecule has 146 valence electrons. The third-order valence-electron chi connectivity index (χ3n) is 4.91. The van der Waals surface area contributed by atoms with E-state index in [9.17, 15) is 9.59 Å². The summed E-state index contributed by atoms with van der Waals surface area (Å²) in [5, 5.41) is 0.574. The van der Waals surface area contributed by atoms with Crippen molar-refractivity contribution in [3.8, 4) is 0 Å². The topological polar surface area (TPSA) is 55.2 Å². The van der Waals surface area contributed by atoms with Crippen molar-refractivity contribution in [1.29, 1.82) is 0 Å². The zero-order chi connectivity index (χ0) is 20.1. The van der Waals surface area contributed by atoms with Gasteiger partial charge in [-0.25, -0.2) is 4.98 Å². The molecule has 1 atom stereocenters. The Morgan fingerprint density at radius 2 is 1.89 bits per heavy atom. The van der Waals surface area contributed by atoms with E-state index in [0.29, 0.717) is 24.0 Å². The molecule has 0 spiro atoms. The highest BCUT2D eigenvalue weighted by Crippen LogP contribution is 2.28. The molecule has 5 nitrogen and oxygen atoms in total. The smallest absolute Gasteiger partial charge is 0.261 e. The van der Waals surface area contributed by atoms with Crippen LogP contribution >= 0.6 is 15.9 Å². The van der Waals surface area contributed by atoms with Gasteiger partial charge in [-0.2, -0.15) is 0 Å². The number of para-hydroxylation sites is 1. The zero-order valence-electron chi connectivity index (χ0n) is 16.1. The zero-order valence-corrected chi connectivity index (χ0v) is 17.7. The van der Waals surface area contributed by atoms with E-state index in [0.717, 1.165) is 16.5 Å². The van der Waals surface area contributed by atoms with Crippen LogP contribution in [0.3, 0.4) is 0 Å². The number of carbonyl (C=O) groups is 1. The van der Waals surface area contributed by atoms with Crippen molar-refractivity contribution in [2.45, 2.75) is 39.3 Å². The Morgan fingerprint density at radius 1 is 1.18 bits per heavy atom. The number of aryl methyl sites for hydroxylation is 1. The summed E-state index contributed by atoms with van der Waals surface area (Å²) in [6.07, 6.45) is 2.66. The second-order valence-corrected chi connectivity index (χ2v) is 7.65. The molecule has 0 unspecified atom stereocenters. The van der Waals surface area contributed by atoms with Gasteiger partial charge in [-0.15, -0.1) is 0 Å². The first-order chi connectivity index (χ1) is 13.5. The summed E-state index contributed by atoms with van der Waals surface area (Å²) < 4.78 is 2.51. The predicted molar refractivity (Wildman–Crippen MR) is 115 cm³/mol. The average molecular weight is 442 g/mol. The highest BCUT2D eigenvalue weighted by atomic mass is 79.9. The molecule has 1 amide bonds. The Morgan fingerprint density at radius 3 is 2.64 bits per heavy atom. The van der Waals surface area contributed by atoms with Gasteiger partial charge in [0.2, 0.25) is 5.91 Å². The number of benzene rings is 2. The summed E-state index contributed by atoms with van der Waals surface area (Å²) in [7, 11) is 0. The second-order valence-electron chi connectivity index (χ2n) is 6.79. The molecule has 0 radical (unpaired) electrons. The molecule has 0 N–H and O–H groups in total. The summed E-state index contributed by atoms with van der Waals surface area (Å²) in [6.45, 7) is 5.09. The van der Waals surface area contributed by atoms with Crippen molar-refractivity contribution in [3.63, 3.8) is 0 Å². The first-order valence-corrected chi connectivity index (χ1v) is 10.3. The summed E-state index contributed by atoms with van der Waals surface area (Å²) >= 11 is 3.58. The molecule has 3 aromatic rings. The normalized spacial score (nSPS) is 12.1. The van der Waals surface area contributed by atoms with Crippen molar-refractivity contribution in [2.24, 2.45) is 0 Å². The van der Waals surface area contributed by atoms with E-state index >= 15 is 0 Å². The van der Waals surface area contributed by atoms with Crippen LogP contribution < -0.4 is 5.56 Å². The van der Waals surface area contributed by atoms with Crippen LogP contribution in [-0.2, 0) is 11.3 Å². The molecule has 0 aliphatic carbocycles. The molecular weight excluding hydrogens is 418 g/mol. The maximum atomic E-state index is 13.0.